The van der Waals surface area contributed by atoms with E-state index >= 15 is 0 Å². The molecule has 2 heterocycles. The first kappa shape index (κ1) is 20.2. The molecule has 3 rings (SSSR count). The fourth-order valence-corrected chi connectivity index (χ4v) is 4.95. The Morgan fingerprint density at radius 1 is 1.14 bits per heavy atom. The van der Waals surface area contributed by atoms with E-state index in [0.717, 1.165) is 0 Å². The van der Waals surface area contributed by atoms with Gasteiger partial charge in [0, 0.05) is 23.9 Å². The van der Waals surface area contributed by atoms with Gasteiger partial charge in [0.2, 0.25) is 0 Å². The van der Waals surface area contributed by atoms with Gasteiger partial charge in [-0.05, 0) is 44.4 Å². The fraction of sp³-hybridized carbons (Fsp3) is 0.368. The van der Waals surface area contributed by atoms with Gasteiger partial charge in [-0.25, -0.2) is 17.2 Å². The van der Waals surface area contributed by atoms with Crippen molar-refractivity contribution in [3.63, 3.8) is 0 Å². The molecule has 0 amide bonds. The smallest absolute Gasteiger partial charge is 0.268 e. The maximum Gasteiger partial charge on any atom is 0.272 e. The standard InChI is InChI=1S/C19H21F2N3O3S/c1-5-8-23-13(4)17-14(18(20)21)10-16(25)24(19(17)22-23)28(26,27)15-9-11(2)6-7-12(15)3/h6-7,9-10,18H,5,8H2,1-4H3. The molecule has 1 aromatic carbocycles. The summed E-state index contributed by atoms with van der Waals surface area (Å²) in [5.74, 6) is 0. The van der Waals surface area contributed by atoms with Crippen LogP contribution in [-0.2, 0) is 16.6 Å². The minimum atomic E-state index is -4.33. The second-order valence-corrected chi connectivity index (χ2v) is 8.54. The molecule has 0 aliphatic rings. The fourth-order valence-electron chi connectivity index (χ4n) is 3.30. The molecule has 2 aromatic heterocycles. The van der Waals surface area contributed by atoms with Gasteiger partial charge in [-0.3, -0.25) is 9.48 Å². The van der Waals surface area contributed by atoms with Crippen molar-refractivity contribution in [1.82, 2.24) is 13.8 Å². The highest BCUT2D eigenvalue weighted by Crippen LogP contribution is 2.31. The van der Waals surface area contributed by atoms with Crippen LogP contribution in [0.5, 0.6) is 0 Å². The Bertz CT molecular complexity index is 1230. The maximum absolute atomic E-state index is 13.6. The lowest BCUT2D eigenvalue weighted by Gasteiger charge is -2.13. The van der Waals surface area contributed by atoms with E-state index in [9.17, 15) is 22.0 Å². The van der Waals surface area contributed by atoms with Crippen LogP contribution >= 0.6 is 0 Å². The zero-order valence-electron chi connectivity index (χ0n) is 16.0. The van der Waals surface area contributed by atoms with E-state index in [2.05, 4.69) is 5.10 Å². The Labute approximate surface area is 161 Å². The molecule has 28 heavy (non-hydrogen) atoms. The number of halogens is 2. The van der Waals surface area contributed by atoms with Crippen LogP contribution in [0.2, 0.25) is 0 Å². The van der Waals surface area contributed by atoms with Crippen LogP contribution in [0.4, 0.5) is 8.78 Å². The van der Waals surface area contributed by atoms with Crippen molar-refractivity contribution in [2.45, 2.75) is 52.0 Å². The van der Waals surface area contributed by atoms with Crippen molar-refractivity contribution in [2.75, 3.05) is 0 Å². The molecule has 0 saturated carbocycles. The number of rotatable bonds is 5. The summed E-state index contributed by atoms with van der Waals surface area (Å²) in [7, 11) is -4.33. The number of aromatic nitrogens is 3. The lowest BCUT2D eigenvalue weighted by Crippen LogP contribution is -2.29. The topological polar surface area (TPSA) is 74.0 Å². The zero-order chi connectivity index (χ0) is 20.8. The summed E-state index contributed by atoms with van der Waals surface area (Å²) in [5, 5.41) is 4.21. The van der Waals surface area contributed by atoms with Gasteiger partial charge in [0.15, 0.2) is 5.65 Å². The van der Waals surface area contributed by atoms with Crippen molar-refractivity contribution in [1.29, 1.82) is 0 Å². The average Bonchev–Trinajstić information content (AvgIpc) is 2.92. The molecule has 0 aliphatic carbocycles. The van der Waals surface area contributed by atoms with Gasteiger partial charge in [0.05, 0.1) is 10.3 Å². The molecular weight excluding hydrogens is 388 g/mol. The zero-order valence-corrected chi connectivity index (χ0v) is 16.8. The minimum absolute atomic E-state index is 0.00284. The van der Waals surface area contributed by atoms with Crippen molar-refractivity contribution in [3.05, 3.63) is 57.0 Å². The minimum Gasteiger partial charge on any atom is -0.268 e. The molecule has 0 aliphatic heterocycles. The molecule has 3 aromatic rings. The van der Waals surface area contributed by atoms with Crippen molar-refractivity contribution in [3.8, 4) is 0 Å². The van der Waals surface area contributed by atoms with Crippen LogP contribution in [0.25, 0.3) is 11.0 Å². The van der Waals surface area contributed by atoms with Crippen LogP contribution in [0.3, 0.4) is 0 Å². The monoisotopic (exact) mass is 409 g/mol. The summed E-state index contributed by atoms with van der Waals surface area (Å²) in [5.41, 5.74) is -0.275. The SMILES string of the molecule is CCCn1nc2c(c(C(F)F)cc(=O)n2S(=O)(=O)c2cc(C)ccc2C)c1C. The molecule has 0 spiro atoms. The summed E-state index contributed by atoms with van der Waals surface area (Å²) in [6.45, 7) is 7.25. The molecular formula is C19H21F2N3O3S. The van der Waals surface area contributed by atoms with E-state index in [1.54, 1.807) is 32.9 Å². The number of benzene rings is 1. The number of aryl methyl sites for hydroxylation is 4. The van der Waals surface area contributed by atoms with E-state index < -0.39 is 27.6 Å². The van der Waals surface area contributed by atoms with E-state index in [1.165, 1.54) is 10.7 Å². The predicted molar refractivity (Wildman–Crippen MR) is 102 cm³/mol. The number of pyridine rings is 1. The molecule has 150 valence electrons. The Morgan fingerprint density at radius 2 is 1.82 bits per heavy atom. The molecule has 0 fully saturated rings. The number of hydrogen-bond acceptors (Lipinski definition) is 4. The molecule has 0 radical (unpaired) electrons. The van der Waals surface area contributed by atoms with Crippen molar-refractivity contribution < 1.29 is 17.2 Å². The Kier molecular flexibility index (Phi) is 5.14. The first-order chi connectivity index (χ1) is 13.1. The predicted octanol–water partition coefficient (Wildman–Crippen LogP) is 3.71. The molecule has 9 heteroatoms. The lowest BCUT2D eigenvalue weighted by molar-refractivity contribution is 0.153. The highest BCUT2D eigenvalue weighted by Gasteiger charge is 2.29. The Hall–Kier alpha value is -2.55. The largest absolute Gasteiger partial charge is 0.272 e. The van der Waals surface area contributed by atoms with Gasteiger partial charge in [-0.15, -0.1) is 0 Å². The van der Waals surface area contributed by atoms with Crippen LogP contribution in [0.15, 0.2) is 34.0 Å². The summed E-state index contributed by atoms with van der Waals surface area (Å²) in [4.78, 5) is 12.6. The first-order valence-corrected chi connectivity index (χ1v) is 10.3. The third-order valence-corrected chi connectivity index (χ3v) is 6.51. The highest BCUT2D eigenvalue weighted by molar-refractivity contribution is 7.90. The average molecular weight is 409 g/mol. The van der Waals surface area contributed by atoms with Crippen LogP contribution < -0.4 is 5.56 Å². The second kappa shape index (κ2) is 7.12. The first-order valence-electron chi connectivity index (χ1n) is 8.83. The van der Waals surface area contributed by atoms with Gasteiger partial charge in [0.1, 0.15) is 0 Å². The van der Waals surface area contributed by atoms with Crippen LogP contribution in [-0.4, -0.2) is 22.2 Å². The van der Waals surface area contributed by atoms with Gasteiger partial charge >= 0.3 is 0 Å². The number of hydrogen-bond donors (Lipinski definition) is 0. The molecule has 0 bridgehead atoms. The van der Waals surface area contributed by atoms with Gasteiger partial charge in [0.25, 0.3) is 22.0 Å². The quantitative estimate of drug-likeness (QED) is 0.644. The molecule has 0 saturated heterocycles. The Balaban J connectivity index is 2.46. The second-order valence-electron chi connectivity index (χ2n) is 6.78. The number of alkyl halides is 2. The van der Waals surface area contributed by atoms with Crippen molar-refractivity contribution >= 4 is 21.1 Å². The Morgan fingerprint density at radius 3 is 2.43 bits per heavy atom. The number of fused-ring (bicyclic) bond motifs is 1. The molecule has 0 unspecified atom stereocenters. The highest BCUT2D eigenvalue weighted by atomic mass is 32.2. The molecule has 0 N–H and O–H groups in total. The van der Waals surface area contributed by atoms with Crippen molar-refractivity contribution in [2.24, 2.45) is 0 Å². The van der Waals surface area contributed by atoms with Gasteiger partial charge < -0.3 is 0 Å². The lowest BCUT2D eigenvalue weighted by atomic mass is 10.1. The van der Waals surface area contributed by atoms with Crippen LogP contribution in [0, 0.1) is 20.8 Å². The van der Waals surface area contributed by atoms with Gasteiger partial charge in [-0.2, -0.15) is 9.07 Å². The summed E-state index contributed by atoms with van der Waals surface area (Å²) in [6.07, 6.45) is -2.25. The van der Waals surface area contributed by atoms with Crippen LogP contribution in [0.1, 0.15) is 42.2 Å². The number of nitrogens with zero attached hydrogens (tertiary/aromatic N) is 3. The van der Waals surface area contributed by atoms with E-state index in [0.29, 0.717) is 39.8 Å². The third kappa shape index (κ3) is 3.13. The van der Waals surface area contributed by atoms with Gasteiger partial charge in [-0.1, -0.05) is 19.1 Å². The third-order valence-electron chi connectivity index (χ3n) is 4.68. The summed E-state index contributed by atoms with van der Waals surface area (Å²) >= 11 is 0. The normalized spacial score (nSPS) is 12.2. The molecule has 0 atom stereocenters. The summed E-state index contributed by atoms with van der Waals surface area (Å²) in [6, 6.07) is 5.55. The maximum atomic E-state index is 13.6. The van der Waals surface area contributed by atoms with E-state index in [-0.39, 0.29) is 15.9 Å². The van der Waals surface area contributed by atoms with E-state index in [4.69, 9.17) is 0 Å². The summed E-state index contributed by atoms with van der Waals surface area (Å²) < 4.78 is 55.8. The van der Waals surface area contributed by atoms with E-state index in [1.807, 2.05) is 6.92 Å². The molecule has 6 nitrogen and oxygen atoms in total.